The molecule has 3 aromatic rings. The van der Waals surface area contributed by atoms with Crippen molar-refractivity contribution >= 4 is 22.6 Å². The van der Waals surface area contributed by atoms with Crippen molar-refractivity contribution in [3.8, 4) is 11.4 Å². The lowest BCUT2D eigenvalue weighted by Crippen LogP contribution is -1.99. The van der Waals surface area contributed by atoms with Crippen LogP contribution in [0.15, 0.2) is 42.5 Å². The molecule has 0 amide bonds. The Morgan fingerprint density at radius 1 is 1.20 bits per heavy atom. The summed E-state index contributed by atoms with van der Waals surface area (Å²) in [6.45, 7) is 3.51. The van der Waals surface area contributed by atoms with Gasteiger partial charge in [-0.25, -0.2) is 4.98 Å². The van der Waals surface area contributed by atoms with Crippen LogP contribution in [-0.4, -0.2) is 9.55 Å². The zero-order valence-electron chi connectivity index (χ0n) is 11.3. The van der Waals surface area contributed by atoms with E-state index in [4.69, 9.17) is 22.3 Å². The van der Waals surface area contributed by atoms with E-state index >= 15 is 0 Å². The Kier molecular flexibility index (Phi) is 3.47. The van der Waals surface area contributed by atoms with Crippen molar-refractivity contribution in [3.63, 3.8) is 0 Å². The van der Waals surface area contributed by atoms with Crippen molar-refractivity contribution in [2.45, 2.75) is 20.0 Å². The summed E-state index contributed by atoms with van der Waals surface area (Å²) in [6, 6.07) is 14.0. The first kappa shape index (κ1) is 13.2. The highest BCUT2D eigenvalue weighted by molar-refractivity contribution is 6.31. The number of aromatic nitrogens is 2. The van der Waals surface area contributed by atoms with Gasteiger partial charge in [-0.1, -0.05) is 29.8 Å². The van der Waals surface area contributed by atoms with Gasteiger partial charge in [0, 0.05) is 23.7 Å². The molecule has 0 aliphatic carbocycles. The lowest BCUT2D eigenvalue weighted by molar-refractivity contribution is 0.796. The van der Waals surface area contributed by atoms with Gasteiger partial charge in [-0.05, 0) is 36.8 Å². The highest BCUT2D eigenvalue weighted by Crippen LogP contribution is 2.27. The van der Waals surface area contributed by atoms with Crippen molar-refractivity contribution in [3.05, 3.63) is 53.1 Å². The summed E-state index contributed by atoms with van der Waals surface area (Å²) in [5.41, 5.74) is 9.94. The molecular weight excluding hydrogens is 270 g/mol. The molecule has 0 saturated heterocycles. The molecule has 1 aromatic heterocycles. The molecule has 102 valence electrons. The third kappa shape index (κ3) is 2.19. The van der Waals surface area contributed by atoms with Crippen LogP contribution >= 0.6 is 11.6 Å². The quantitative estimate of drug-likeness (QED) is 0.795. The van der Waals surface area contributed by atoms with Gasteiger partial charge in [-0.15, -0.1) is 0 Å². The Morgan fingerprint density at radius 3 is 2.80 bits per heavy atom. The number of rotatable bonds is 3. The molecule has 0 aliphatic heterocycles. The van der Waals surface area contributed by atoms with Gasteiger partial charge >= 0.3 is 0 Å². The third-order valence-corrected chi connectivity index (χ3v) is 3.68. The van der Waals surface area contributed by atoms with Crippen LogP contribution in [0.3, 0.4) is 0 Å². The molecule has 0 unspecified atom stereocenters. The predicted molar refractivity (Wildman–Crippen MR) is 83.7 cm³/mol. The molecule has 0 spiro atoms. The molecule has 1 heterocycles. The topological polar surface area (TPSA) is 43.8 Å². The fourth-order valence-corrected chi connectivity index (χ4v) is 2.65. The maximum atomic E-state index is 6.05. The van der Waals surface area contributed by atoms with Crippen LogP contribution in [0.25, 0.3) is 22.4 Å². The number of halogens is 1. The Hall–Kier alpha value is -1.84. The number of hydrogen-bond donors (Lipinski definition) is 1. The number of benzene rings is 2. The fourth-order valence-electron chi connectivity index (χ4n) is 2.48. The minimum absolute atomic E-state index is 0.534. The van der Waals surface area contributed by atoms with Crippen molar-refractivity contribution in [2.75, 3.05) is 0 Å². The Morgan fingerprint density at radius 2 is 2.05 bits per heavy atom. The molecule has 0 aliphatic rings. The smallest absolute Gasteiger partial charge is 0.141 e. The van der Waals surface area contributed by atoms with Crippen LogP contribution in [0.5, 0.6) is 0 Å². The van der Waals surface area contributed by atoms with Crippen LogP contribution in [0, 0.1) is 0 Å². The monoisotopic (exact) mass is 285 g/mol. The van der Waals surface area contributed by atoms with Crippen LogP contribution in [-0.2, 0) is 13.1 Å². The normalized spacial score (nSPS) is 11.2. The van der Waals surface area contributed by atoms with E-state index in [0.717, 1.165) is 34.5 Å². The average Bonchev–Trinajstić information content (AvgIpc) is 2.84. The van der Waals surface area contributed by atoms with Crippen molar-refractivity contribution in [1.29, 1.82) is 0 Å². The van der Waals surface area contributed by atoms with E-state index in [-0.39, 0.29) is 0 Å². The van der Waals surface area contributed by atoms with E-state index in [1.807, 2.05) is 30.3 Å². The molecule has 2 aromatic carbocycles. The Balaban J connectivity index is 2.24. The van der Waals surface area contributed by atoms with Gasteiger partial charge in [0.1, 0.15) is 5.82 Å². The van der Waals surface area contributed by atoms with Crippen molar-refractivity contribution in [2.24, 2.45) is 5.73 Å². The van der Waals surface area contributed by atoms with Gasteiger partial charge < -0.3 is 10.3 Å². The van der Waals surface area contributed by atoms with E-state index in [9.17, 15) is 0 Å². The van der Waals surface area contributed by atoms with Crippen molar-refractivity contribution in [1.82, 2.24) is 9.55 Å². The highest BCUT2D eigenvalue weighted by Gasteiger charge is 2.11. The summed E-state index contributed by atoms with van der Waals surface area (Å²) < 4.78 is 2.20. The molecular formula is C16H16ClN3. The van der Waals surface area contributed by atoms with Gasteiger partial charge in [-0.2, -0.15) is 0 Å². The minimum Gasteiger partial charge on any atom is -0.326 e. The molecule has 0 radical (unpaired) electrons. The SMILES string of the molecule is CCn1c(-c2cccc(CN)c2)nc2cc(Cl)ccc21. The third-order valence-electron chi connectivity index (χ3n) is 3.45. The minimum atomic E-state index is 0.534. The summed E-state index contributed by atoms with van der Waals surface area (Å²) in [5.74, 6) is 0.958. The second-order valence-corrected chi connectivity index (χ2v) is 5.15. The number of imidazole rings is 1. The number of nitrogens with two attached hydrogens (primary N) is 1. The van der Waals surface area contributed by atoms with E-state index in [2.05, 4.69) is 23.6 Å². The van der Waals surface area contributed by atoms with Gasteiger partial charge in [0.15, 0.2) is 0 Å². The van der Waals surface area contributed by atoms with Crippen LogP contribution in [0.2, 0.25) is 5.02 Å². The van der Waals surface area contributed by atoms with Gasteiger partial charge in [0.25, 0.3) is 0 Å². The summed E-state index contributed by atoms with van der Waals surface area (Å²) in [4.78, 5) is 4.73. The van der Waals surface area contributed by atoms with Gasteiger partial charge in [0.05, 0.1) is 11.0 Å². The van der Waals surface area contributed by atoms with Gasteiger partial charge in [-0.3, -0.25) is 0 Å². The van der Waals surface area contributed by atoms with E-state index in [0.29, 0.717) is 11.6 Å². The summed E-state index contributed by atoms with van der Waals surface area (Å²) in [5, 5.41) is 0.709. The maximum absolute atomic E-state index is 6.05. The fraction of sp³-hybridized carbons (Fsp3) is 0.188. The first-order valence-corrected chi connectivity index (χ1v) is 7.06. The molecule has 20 heavy (non-hydrogen) atoms. The average molecular weight is 286 g/mol. The molecule has 3 nitrogen and oxygen atoms in total. The lowest BCUT2D eigenvalue weighted by Gasteiger charge is -2.07. The Labute approximate surface area is 123 Å². The van der Waals surface area contributed by atoms with Crippen LogP contribution < -0.4 is 5.73 Å². The van der Waals surface area contributed by atoms with Gasteiger partial charge in [0.2, 0.25) is 0 Å². The summed E-state index contributed by atoms with van der Waals surface area (Å²) >= 11 is 6.05. The molecule has 2 N–H and O–H groups in total. The standard InChI is InChI=1S/C16H16ClN3/c1-2-20-15-7-6-13(17)9-14(15)19-16(20)12-5-3-4-11(8-12)10-18/h3-9H,2,10,18H2,1H3. The van der Waals surface area contributed by atoms with Crippen molar-refractivity contribution < 1.29 is 0 Å². The molecule has 0 bridgehead atoms. The summed E-state index contributed by atoms with van der Waals surface area (Å²) in [7, 11) is 0. The molecule has 3 rings (SSSR count). The second-order valence-electron chi connectivity index (χ2n) is 4.72. The zero-order chi connectivity index (χ0) is 14.1. The summed E-state index contributed by atoms with van der Waals surface area (Å²) in [6.07, 6.45) is 0. The molecule has 4 heteroatoms. The maximum Gasteiger partial charge on any atom is 0.141 e. The largest absolute Gasteiger partial charge is 0.326 e. The number of nitrogens with zero attached hydrogens (tertiary/aromatic N) is 2. The molecule has 0 saturated carbocycles. The predicted octanol–water partition coefficient (Wildman–Crippen LogP) is 3.84. The Bertz CT molecular complexity index is 762. The zero-order valence-corrected chi connectivity index (χ0v) is 12.1. The first-order valence-electron chi connectivity index (χ1n) is 6.68. The highest BCUT2D eigenvalue weighted by atomic mass is 35.5. The second kappa shape index (κ2) is 5.27. The lowest BCUT2D eigenvalue weighted by atomic mass is 10.1. The molecule has 0 atom stereocenters. The van der Waals surface area contributed by atoms with Crippen LogP contribution in [0.1, 0.15) is 12.5 Å². The molecule has 0 fully saturated rings. The van der Waals surface area contributed by atoms with E-state index < -0.39 is 0 Å². The van der Waals surface area contributed by atoms with E-state index in [1.165, 1.54) is 0 Å². The first-order chi connectivity index (χ1) is 9.72. The van der Waals surface area contributed by atoms with Crippen LogP contribution in [0.4, 0.5) is 0 Å². The van der Waals surface area contributed by atoms with E-state index in [1.54, 1.807) is 0 Å². The number of fused-ring (bicyclic) bond motifs is 1. The number of aryl methyl sites for hydroxylation is 1. The number of hydrogen-bond acceptors (Lipinski definition) is 2.